The number of hydrogen-bond donors (Lipinski definition) is 1. The van der Waals surface area contributed by atoms with Gasteiger partial charge in [0.15, 0.2) is 5.67 Å². The van der Waals surface area contributed by atoms with Gasteiger partial charge < -0.3 is 15.0 Å². The van der Waals surface area contributed by atoms with Crippen LogP contribution in [0.5, 0.6) is 0 Å². The number of alkyl halides is 1. The molecule has 0 aromatic rings. The van der Waals surface area contributed by atoms with Gasteiger partial charge in [0.25, 0.3) is 0 Å². The van der Waals surface area contributed by atoms with Gasteiger partial charge >= 0.3 is 0 Å². The van der Waals surface area contributed by atoms with Crippen molar-refractivity contribution in [1.82, 2.24) is 0 Å². The molecule has 3 rings (SSSR count). The lowest BCUT2D eigenvalue weighted by atomic mass is 9.94. The third kappa shape index (κ3) is 1.05. The SMILES string of the molecule is O=C([O-])C1(F)C2C(O)CC3(CCSS3)C21. The fraction of sp³-hybridized carbons (Fsp3) is 0.889. The second-order valence-electron chi connectivity index (χ2n) is 4.55. The molecule has 1 aliphatic heterocycles. The Morgan fingerprint density at radius 3 is 2.80 bits per heavy atom. The maximum Gasteiger partial charge on any atom is 0.160 e. The van der Waals surface area contributed by atoms with Gasteiger partial charge in [-0.15, -0.1) is 0 Å². The summed E-state index contributed by atoms with van der Waals surface area (Å²) in [7, 11) is 3.19. The summed E-state index contributed by atoms with van der Waals surface area (Å²) < 4.78 is 13.7. The summed E-state index contributed by atoms with van der Waals surface area (Å²) in [6.45, 7) is 0. The van der Waals surface area contributed by atoms with Crippen LogP contribution in [0.4, 0.5) is 4.39 Å². The third-order valence-electron chi connectivity index (χ3n) is 3.87. The largest absolute Gasteiger partial charge is 0.547 e. The average molecular weight is 249 g/mol. The molecule has 15 heavy (non-hydrogen) atoms. The second-order valence-corrected chi connectivity index (χ2v) is 7.38. The van der Waals surface area contributed by atoms with Crippen LogP contribution in [0.3, 0.4) is 0 Å². The van der Waals surface area contributed by atoms with Gasteiger partial charge in [-0.1, -0.05) is 21.6 Å². The summed E-state index contributed by atoms with van der Waals surface area (Å²) in [6.07, 6.45) is 0.502. The fourth-order valence-corrected chi connectivity index (χ4v) is 6.93. The summed E-state index contributed by atoms with van der Waals surface area (Å²) in [5, 5.41) is 20.5. The Labute approximate surface area is 94.2 Å². The Kier molecular flexibility index (Phi) is 1.94. The third-order valence-corrected chi connectivity index (χ3v) is 7.16. The highest BCUT2D eigenvalue weighted by Gasteiger charge is 2.81. The molecule has 5 unspecified atom stereocenters. The van der Waals surface area contributed by atoms with Crippen LogP contribution in [0.15, 0.2) is 0 Å². The van der Waals surface area contributed by atoms with Crippen molar-refractivity contribution in [3.63, 3.8) is 0 Å². The van der Waals surface area contributed by atoms with Crippen molar-refractivity contribution in [2.75, 3.05) is 5.75 Å². The highest BCUT2D eigenvalue weighted by atomic mass is 33.1. The number of aliphatic carboxylic acids is 1. The van der Waals surface area contributed by atoms with Gasteiger partial charge in [-0.2, -0.15) is 0 Å². The van der Waals surface area contributed by atoms with Crippen molar-refractivity contribution in [3.05, 3.63) is 0 Å². The fourth-order valence-electron chi connectivity index (χ4n) is 3.22. The number of carbonyl (C=O) groups excluding carboxylic acids is 1. The standard InChI is InChI=1S/C9H11FO3S2/c10-9(7(12)13)5-4(11)3-8(6(5)9)1-2-14-15-8/h4-6,11H,1-3H2,(H,12,13)/p-1. The number of fused-ring (bicyclic) bond motifs is 2. The Balaban J connectivity index is 1.95. The summed E-state index contributed by atoms with van der Waals surface area (Å²) in [4.78, 5) is 10.8. The number of hydrogen-bond acceptors (Lipinski definition) is 5. The topological polar surface area (TPSA) is 60.4 Å². The summed E-state index contributed by atoms with van der Waals surface area (Å²) in [6, 6.07) is 0. The minimum Gasteiger partial charge on any atom is -0.547 e. The first-order valence-corrected chi connectivity index (χ1v) is 7.23. The zero-order chi connectivity index (χ0) is 10.8. The van der Waals surface area contributed by atoms with E-state index < -0.39 is 29.6 Å². The normalized spacial score (nSPS) is 57.1. The van der Waals surface area contributed by atoms with E-state index in [2.05, 4.69) is 0 Å². The minimum absolute atomic E-state index is 0.358. The van der Waals surface area contributed by atoms with Gasteiger partial charge in [0.05, 0.1) is 12.1 Å². The van der Waals surface area contributed by atoms with E-state index in [9.17, 15) is 19.4 Å². The first-order valence-electron chi connectivity index (χ1n) is 4.91. The average Bonchev–Trinajstić information content (AvgIpc) is 2.52. The molecule has 1 spiro atoms. The molecule has 5 atom stereocenters. The molecule has 0 aromatic carbocycles. The second kappa shape index (κ2) is 2.84. The molecule has 6 heteroatoms. The quantitative estimate of drug-likeness (QED) is 0.662. The molecule has 0 aromatic heterocycles. The Hall–Kier alpha value is 0.0600. The molecule has 1 heterocycles. The monoisotopic (exact) mass is 249 g/mol. The van der Waals surface area contributed by atoms with Crippen LogP contribution in [0.25, 0.3) is 0 Å². The zero-order valence-electron chi connectivity index (χ0n) is 7.81. The molecule has 0 radical (unpaired) electrons. The van der Waals surface area contributed by atoms with E-state index in [1.807, 2.05) is 0 Å². The van der Waals surface area contributed by atoms with Crippen molar-refractivity contribution in [3.8, 4) is 0 Å². The van der Waals surface area contributed by atoms with E-state index >= 15 is 0 Å². The first-order chi connectivity index (χ1) is 7.02. The molecule has 1 saturated heterocycles. The van der Waals surface area contributed by atoms with E-state index in [4.69, 9.17) is 0 Å². The van der Waals surface area contributed by atoms with Crippen LogP contribution in [-0.4, -0.2) is 33.3 Å². The highest BCUT2D eigenvalue weighted by Crippen LogP contribution is 2.74. The molecular formula is C9H10FO3S2-. The molecule has 2 saturated carbocycles. The van der Waals surface area contributed by atoms with Crippen molar-refractivity contribution in [2.45, 2.75) is 29.4 Å². The predicted molar refractivity (Wildman–Crippen MR) is 53.8 cm³/mol. The number of halogens is 1. The molecule has 3 fully saturated rings. The maximum absolute atomic E-state index is 14.0. The van der Waals surface area contributed by atoms with E-state index in [-0.39, 0.29) is 4.75 Å². The number of rotatable bonds is 1. The van der Waals surface area contributed by atoms with Crippen molar-refractivity contribution in [2.24, 2.45) is 11.8 Å². The maximum atomic E-state index is 14.0. The van der Waals surface area contributed by atoms with Gasteiger partial charge in [-0.3, -0.25) is 0 Å². The number of aliphatic hydroxyl groups is 1. The molecule has 0 amide bonds. The molecule has 3 aliphatic rings. The number of carboxylic acids is 1. The molecule has 0 bridgehead atoms. The summed E-state index contributed by atoms with van der Waals surface area (Å²) in [5.74, 6) is -2.00. The molecule has 2 aliphatic carbocycles. The van der Waals surface area contributed by atoms with E-state index in [0.717, 1.165) is 12.2 Å². The zero-order valence-corrected chi connectivity index (χ0v) is 9.44. The van der Waals surface area contributed by atoms with Crippen LogP contribution in [0.2, 0.25) is 0 Å². The van der Waals surface area contributed by atoms with E-state index in [1.54, 1.807) is 21.6 Å². The van der Waals surface area contributed by atoms with Crippen molar-refractivity contribution < 1.29 is 19.4 Å². The van der Waals surface area contributed by atoms with E-state index in [1.165, 1.54) is 0 Å². The predicted octanol–water partition coefficient (Wildman–Crippen LogP) is -0.0209. The van der Waals surface area contributed by atoms with Crippen LogP contribution in [-0.2, 0) is 4.79 Å². The van der Waals surface area contributed by atoms with Gasteiger partial charge in [-0.25, -0.2) is 4.39 Å². The Morgan fingerprint density at radius 2 is 2.33 bits per heavy atom. The smallest absolute Gasteiger partial charge is 0.160 e. The first kappa shape index (κ1) is 10.2. The van der Waals surface area contributed by atoms with Gasteiger partial charge in [0.1, 0.15) is 0 Å². The molecular weight excluding hydrogens is 239 g/mol. The van der Waals surface area contributed by atoms with Crippen LogP contribution < -0.4 is 5.11 Å². The lowest BCUT2D eigenvalue weighted by Gasteiger charge is -2.28. The van der Waals surface area contributed by atoms with Crippen LogP contribution in [0, 0.1) is 11.8 Å². The highest BCUT2D eigenvalue weighted by molar-refractivity contribution is 8.77. The van der Waals surface area contributed by atoms with Gasteiger partial charge in [0.2, 0.25) is 0 Å². The summed E-state index contributed by atoms with van der Waals surface area (Å²) in [5.41, 5.74) is -2.27. The Bertz CT molecular complexity index is 331. The molecule has 3 nitrogen and oxygen atoms in total. The van der Waals surface area contributed by atoms with Crippen LogP contribution >= 0.6 is 21.6 Å². The summed E-state index contributed by atoms with van der Waals surface area (Å²) >= 11 is 0. The number of carbonyl (C=O) groups is 1. The van der Waals surface area contributed by atoms with Gasteiger partial charge in [-0.05, 0) is 12.8 Å². The van der Waals surface area contributed by atoms with Gasteiger partial charge in [0, 0.05) is 22.3 Å². The Morgan fingerprint density at radius 1 is 1.60 bits per heavy atom. The molecule has 1 N–H and O–H groups in total. The lowest BCUT2D eigenvalue weighted by Crippen LogP contribution is -2.44. The molecule has 84 valence electrons. The number of aliphatic hydroxyl groups excluding tert-OH is 1. The lowest BCUT2D eigenvalue weighted by molar-refractivity contribution is -0.316. The van der Waals surface area contributed by atoms with Crippen molar-refractivity contribution >= 4 is 27.6 Å². The van der Waals surface area contributed by atoms with Crippen LogP contribution in [0.1, 0.15) is 12.8 Å². The van der Waals surface area contributed by atoms with Crippen molar-refractivity contribution in [1.29, 1.82) is 0 Å². The number of carboxylic acid groups (broad SMARTS) is 1. The van der Waals surface area contributed by atoms with E-state index in [0.29, 0.717) is 6.42 Å². The minimum atomic E-state index is -2.27.